The molecule has 3 rings (SSSR count). The maximum absolute atomic E-state index is 14.0. The number of ether oxygens (including phenoxy) is 1. The van der Waals surface area contributed by atoms with Crippen LogP contribution in [0, 0.1) is 5.82 Å². The highest BCUT2D eigenvalue weighted by molar-refractivity contribution is 9.10. The van der Waals surface area contributed by atoms with Crippen molar-refractivity contribution < 1.29 is 17.9 Å². The molecule has 2 N–H and O–H groups in total. The number of nitrogens with zero attached hydrogens (tertiary/aromatic N) is 2. The summed E-state index contributed by atoms with van der Waals surface area (Å²) >= 11 is 14.6. The Labute approximate surface area is 182 Å². The number of hydrogen-bond donors (Lipinski definition) is 2. The maximum Gasteiger partial charge on any atom is 0.387 e. The first kappa shape index (κ1) is 21.4. The molecule has 0 bridgehead atoms. The summed E-state index contributed by atoms with van der Waals surface area (Å²) in [7, 11) is 0. The van der Waals surface area contributed by atoms with E-state index in [9.17, 15) is 13.2 Å². The summed E-state index contributed by atoms with van der Waals surface area (Å²) in [6.07, 6.45) is 1.63. The number of rotatable bonds is 6. The number of halogens is 5. The van der Waals surface area contributed by atoms with Gasteiger partial charge >= 0.3 is 6.61 Å². The third kappa shape index (κ3) is 5.62. The van der Waals surface area contributed by atoms with Crippen LogP contribution in [0.3, 0.4) is 0 Å². The quantitative estimate of drug-likeness (QED) is 0.409. The molecule has 152 valence electrons. The Kier molecular flexibility index (Phi) is 6.99. The zero-order chi connectivity index (χ0) is 21.0. The second-order valence-electron chi connectivity index (χ2n) is 5.68. The molecule has 29 heavy (non-hydrogen) atoms. The SMILES string of the molecule is Fc1cccc(Cl)c1Cn1cc(Br)c(NC(=S)Nc2ccccc2OC(F)F)n1. The normalized spacial score (nSPS) is 10.8. The fourth-order valence-electron chi connectivity index (χ4n) is 2.44. The first-order valence-electron chi connectivity index (χ1n) is 8.11. The Morgan fingerprint density at radius 3 is 2.69 bits per heavy atom. The van der Waals surface area contributed by atoms with Crippen molar-refractivity contribution in [3.63, 3.8) is 0 Å². The number of anilines is 2. The molecule has 1 heterocycles. The average Bonchev–Trinajstić information content (AvgIpc) is 2.98. The monoisotopic (exact) mass is 504 g/mol. The van der Waals surface area contributed by atoms with Gasteiger partial charge in [-0.1, -0.05) is 29.8 Å². The van der Waals surface area contributed by atoms with E-state index in [1.165, 1.54) is 22.9 Å². The molecular formula is C18H13BrClF3N4OS. The summed E-state index contributed by atoms with van der Waals surface area (Å²) in [6, 6.07) is 10.6. The lowest BCUT2D eigenvalue weighted by Gasteiger charge is -2.13. The Morgan fingerprint density at radius 2 is 1.97 bits per heavy atom. The molecule has 0 amide bonds. The molecule has 0 saturated heterocycles. The third-order valence-corrected chi connectivity index (χ3v) is 4.82. The number of para-hydroxylation sites is 2. The summed E-state index contributed by atoms with van der Waals surface area (Å²) in [5, 5.41) is 10.3. The zero-order valence-electron chi connectivity index (χ0n) is 14.5. The number of alkyl halides is 2. The lowest BCUT2D eigenvalue weighted by atomic mass is 10.2. The minimum Gasteiger partial charge on any atom is -0.433 e. The molecule has 0 aliphatic heterocycles. The van der Waals surface area contributed by atoms with Crippen LogP contribution in [0.1, 0.15) is 5.56 Å². The summed E-state index contributed by atoms with van der Waals surface area (Å²) < 4.78 is 45.5. The van der Waals surface area contributed by atoms with Gasteiger partial charge in [0.1, 0.15) is 11.6 Å². The van der Waals surface area contributed by atoms with Crippen molar-refractivity contribution in [3.05, 3.63) is 69.5 Å². The molecule has 0 aliphatic carbocycles. The van der Waals surface area contributed by atoms with Gasteiger partial charge in [0.25, 0.3) is 0 Å². The molecule has 0 atom stereocenters. The van der Waals surface area contributed by atoms with Crippen LogP contribution in [-0.2, 0) is 6.54 Å². The van der Waals surface area contributed by atoms with Crippen LogP contribution >= 0.6 is 39.7 Å². The predicted octanol–water partition coefficient (Wildman–Crippen LogP) is 5.90. The van der Waals surface area contributed by atoms with Gasteiger partial charge < -0.3 is 15.4 Å². The molecule has 1 aromatic heterocycles. The smallest absolute Gasteiger partial charge is 0.387 e. The second kappa shape index (κ2) is 9.47. The fraction of sp³-hybridized carbons (Fsp3) is 0.111. The summed E-state index contributed by atoms with van der Waals surface area (Å²) in [4.78, 5) is 0. The second-order valence-corrected chi connectivity index (χ2v) is 7.35. The van der Waals surface area contributed by atoms with Crippen LogP contribution in [0.15, 0.2) is 53.1 Å². The Hall–Kier alpha value is -2.30. The Bertz CT molecular complexity index is 1010. The van der Waals surface area contributed by atoms with Crippen LogP contribution in [0.2, 0.25) is 5.02 Å². The van der Waals surface area contributed by atoms with Crippen molar-refractivity contribution in [1.82, 2.24) is 9.78 Å². The predicted molar refractivity (Wildman–Crippen MR) is 113 cm³/mol. The average molecular weight is 506 g/mol. The molecule has 2 aromatic carbocycles. The Morgan fingerprint density at radius 1 is 1.21 bits per heavy atom. The Balaban J connectivity index is 1.71. The lowest BCUT2D eigenvalue weighted by Crippen LogP contribution is -2.20. The van der Waals surface area contributed by atoms with Crippen LogP contribution in [0.4, 0.5) is 24.7 Å². The van der Waals surface area contributed by atoms with Gasteiger partial charge in [-0.05, 0) is 52.4 Å². The van der Waals surface area contributed by atoms with Gasteiger partial charge in [-0.3, -0.25) is 4.68 Å². The van der Waals surface area contributed by atoms with Gasteiger partial charge in [0.15, 0.2) is 10.9 Å². The van der Waals surface area contributed by atoms with Crippen molar-refractivity contribution in [3.8, 4) is 5.75 Å². The van der Waals surface area contributed by atoms with E-state index in [0.29, 0.717) is 20.9 Å². The molecular weight excluding hydrogens is 493 g/mol. The van der Waals surface area contributed by atoms with Crippen LogP contribution in [-0.4, -0.2) is 21.5 Å². The van der Waals surface area contributed by atoms with Crippen molar-refractivity contribution in [2.24, 2.45) is 0 Å². The number of hydrogen-bond acceptors (Lipinski definition) is 3. The highest BCUT2D eigenvalue weighted by Gasteiger charge is 2.14. The third-order valence-electron chi connectivity index (χ3n) is 3.68. The zero-order valence-corrected chi connectivity index (χ0v) is 17.7. The van der Waals surface area contributed by atoms with Gasteiger partial charge in [0.2, 0.25) is 0 Å². The summed E-state index contributed by atoms with van der Waals surface area (Å²) in [6.45, 7) is -2.86. The van der Waals surface area contributed by atoms with Crippen molar-refractivity contribution in [1.29, 1.82) is 0 Å². The van der Waals surface area contributed by atoms with E-state index >= 15 is 0 Å². The summed E-state index contributed by atoms with van der Waals surface area (Å²) in [5.41, 5.74) is 0.563. The van der Waals surface area contributed by atoms with Gasteiger partial charge in [0, 0.05) is 16.8 Å². The molecule has 3 aromatic rings. The molecule has 0 unspecified atom stereocenters. The molecule has 0 aliphatic rings. The number of benzene rings is 2. The maximum atomic E-state index is 14.0. The fourth-order valence-corrected chi connectivity index (χ4v) is 3.28. The van der Waals surface area contributed by atoms with E-state index in [4.69, 9.17) is 23.8 Å². The molecule has 0 spiro atoms. The summed E-state index contributed by atoms with van der Waals surface area (Å²) in [5.74, 6) is -0.140. The molecule has 0 saturated carbocycles. The minimum atomic E-state index is -2.96. The van der Waals surface area contributed by atoms with Crippen molar-refractivity contribution >= 4 is 56.4 Å². The molecule has 5 nitrogen and oxygen atoms in total. The van der Waals surface area contributed by atoms with Crippen LogP contribution in [0.5, 0.6) is 5.75 Å². The van der Waals surface area contributed by atoms with Crippen molar-refractivity contribution in [2.75, 3.05) is 10.6 Å². The molecule has 0 radical (unpaired) electrons. The van der Waals surface area contributed by atoms with Crippen LogP contribution in [0.25, 0.3) is 0 Å². The van der Waals surface area contributed by atoms with E-state index < -0.39 is 12.4 Å². The topological polar surface area (TPSA) is 51.1 Å². The minimum absolute atomic E-state index is 0.0505. The first-order valence-corrected chi connectivity index (χ1v) is 9.69. The van der Waals surface area contributed by atoms with Gasteiger partial charge in [-0.25, -0.2) is 4.39 Å². The van der Waals surface area contributed by atoms with Crippen LogP contribution < -0.4 is 15.4 Å². The van der Waals surface area contributed by atoms with E-state index in [2.05, 4.69) is 36.4 Å². The lowest BCUT2D eigenvalue weighted by molar-refractivity contribution is -0.0493. The highest BCUT2D eigenvalue weighted by Crippen LogP contribution is 2.27. The van der Waals surface area contributed by atoms with Crippen molar-refractivity contribution in [2.45, 2.75) is 13.2 Å². The van der Waals surface area contributed by atoms with E-state index in [0.717, 1.165) is 0 Å². The van der Waals surface area contributed by atoms with E-state index in [-0.39, 0.29) is 23.1 Å². The van der Waals surface area contributed by atoms with Gasteiger partial charge in [-0.15, -0.1) is 0 Å². The largest absolute Gasteiger partial charge is 0.433 e. The standard InChI is InChI=1S/C18H13BrClF3N4OS/c19-11-9-27(8-10-12(20)4-3-5-13(10)21)26-16(11)25-18(29)24-14-6-1-2-7-15(14)28-17(22)23/h1-7,9,17H,8H2,(H2,24,25,26,29). The van der Waals surface area contributed by atoms with Gasteiger partial charge in [0.05, 0.1) is 16.7 Å². The molecule has 11 heteroatoms. The first-order chi connectivity index (χ1) is 13.8. The number of nitrogens with one attached hydrogen (secondary N) is 2. The number of thiocarbonyl (C=S) groups is 1. The van der Waals surface area contributed by atoms with Gasteiger partial charge in [-0.2, -0.15) is 13.9 Å². The van der Waals surface area contributed by atoms with E-state index in [1.807, 2.05) is 0 Å². The number of aromatic nitrogens is 2. The van der Waals surface area contributed by atoms with E-state index in [1.54, 1.807) is 30.5 Å². The molecule has 0 fully saturated rings. The highest BCUT2D eigenvalue weighted by atomic mass is 79.9.